The van der Waals surface area contributed by atoms with Crippen molar-refractivity contribution in [2.24, 2.45) is 0 Å². The molecule has 1 aliphatic heterocycles. The second kappa shape index (κ2) is 12.6. The van der Waals surface area contributed by atoms with Gasteiger partial charge in [0.2, 0.25) is 0 Å². The highest BCUT2D eigenvalue weighted by Crippen LogP contribution is 2.46. The van der Waals surface area contributed by atoms with E-state index in [0.717, 1.165) is 37.7 Å². The van der Waals surface area contributed by atoms with Crippen LogP contribution in [0.4, 0.5) is 0 Å². The maximum absolute atomic E-state index is 13.6. The summed E-state index contributed by atoms with van der Waals surface area (Å²) in [5.74, 6) is 0.495. The monoisotopic (exact) mass is 554 g/mol. The molecule has 3 N–H and O–H groups in total. The third-order valence-electron chi connectivity index (χ3n) is 8.44. The molecule has 0 unspecified atom stereocenters. The number of ketones is 1. The van der Waals surface area contributed by atoms with Gasteiger partial charge in [0.25, 0.3) is 5.91 Å². The molecule has 2 atom stereocenters. The van der Waals surface area contributed by atoms with Crippen LogP contribution in [0.2, 0.25) is 0 Å². The number of nitrogens with one attached hydrogen (secondary N) is 2. The van der Waals surface area contributed by atoms with Crippen LogP contribution in [0.3, 0.4) is 0 Å². The predicted octanol–water partition coefficient (Wildman–Crippen LogP) is 5.71. The Balaban J connectivity index is 1.39. The van der Waals surface area contributed by atoms with Crippen LogP contribution >= 0.6 is 0 Å². The Morgan fingerprint density at radius 1 is 1.05 bits per heavy atom. The number of hydrogen-bond acceptors (Lipinski definition) is 5. The number of Topliss-reactive ketones (excluding diaryl/α,β-unsaturated/α-hetero) is 1. The fraction of sp³-hybridized carbons (Fsp3) is 0.429. The van der Waals surface area contributed by atoms with Crippen LogP contribution in [-0.4, -0.2) is 42.1 Å². The second-order valence-electron chi connectivity index (χ2n) is 12.0. The zero-order valence-electron chi connectivity index (χ0n) is 24.4. The molecule has 216 valence electrons. The van der Waals surface area contributed by atoms with E-state index in [1.54, 1.807) is 18.2 Å². The van der Waals surface area contributed by atoms with Gasteiger partial charge in [0.1, 0.15) is 5.75 Å². The van der Waals surface area contributed by atoms with E-state index < -0.39 is 12.1 Å². The van der Waals surface area contributed by atoms with Gasteiger partial charge < -0.3 is 20.5 Å². The maximum atomic E-state index is 13.6. The highest BCUT2D eigenvalue weighted by atomic mass is 16.5. The highest BCUT2D eigenvalue weighted by molar-refractivity contribution is 6.00. The minimum absolute atomic E-state index is 0.129. The lowest BCUT2D eigenvalue weighted by atomic mass is 9.95. The number of benzene rings is 3. The van der Waals surface area contributed by atoms with Gasteiger partial charge in [-0.05, 0) is 91.8 Å². The second-order valence-corrected chi connectivity index (χ2v) is 12.0. The van der Waals surface area contributed by atoms with E-state index in [2.05, 4.69) is 66.9 Å². The fourth-order valence-electron chi connectivity index (χ4n) is 5.67. The molecule has 6 heteroatoms. The molecule has 1 amide bonds. The Labute approximate surface area is 243 Å². The van der Waals surface area contributed by atoms with Crippen molar-refractivity contribution in [2.45, 2.75) is 82.9 Å². The lowest BCUT2D eigenvalue weighted by Gasteiger charge is -2.28. The summed E-state index contributed by atoms with van der Waals surface area (Å²) in [6.45, 7) is 6.74. The number of aliphatic hydroxyl groups excluding tert-OH is 1. The molecule has 3 aromatic carbocycles. The van der Waals surface area contributed by atoms with E-state index in [-0.39, 0.29) is 17.2 Å². The number of amides is 1. The molecule has 1 aliphatic carbocycles. The first kappa shape index (κ1) is 29.0. The average molecular weight is 555 g/mol. The fourth-order valence-corrected chi connectivity index (χ4v) is 5.67. The van der Waals surface area contributed by atoms with E-state index in [0.29, 0.717) is 42.4 Å². The molecule has 2 aliphatic rings. The average Bonchev–Trinajstić information content (AvgIpc) is 3.76. The molecular weight excluding hydrogens is 512 g/mol. The summed E-state index contributed by atoms with van der Waals surface area (Å²) in [5, 5.41) is 18.3. The van der Waals surface area contributed by atoms with Crippen molar-refractivity contribution in [2.75, 3.05) is 13.2 Å². The number of aryl methyl sites for hydroxylation is 1. The summed E-state index contributed by atoms with van der Waals surface area (Å²) in [6, 6.07) is 21.6. The third kappa shape index (κ3) is 7.24. The Morgan fingerprint density at radius 3 is 2.59 bits per heavy atom. The lowest BCUT2D eigenvalue weighted by Crippen LogP contribution is -2.50. The quantitative estimate of drug-likeness (QED) is 0.326. The zero-order chi connectivity index (χ0) is 29.0. The van der Waals surface area contributed by atoms with Gasteiger partial charge in [-0.2, -0.15) is 0 Å². The summed E-state index contributed by atoms with van der Waals surface area (Å²) in [6.07, 6.45) is 4.46. The summed E-state index contributed by atoms with van der Waals surface area (Å²) in [4.78, 5) is 25.8. The van der Waals surface area contributed by atoms with Crippen LogP contribution in [-0.2, 0) is 18.4 Å². The first-order chi connectivity index (χ1) is 19.7. The third-order valence-corrected chi connectivity index (χ3v) is 8.44. The van der Waals surface area contributed by atoms with E-state index in [4.69, 9.17) is 4.74 Å². The number of carbonyl (C=O) groups is 2. The number of ether oxygens (including phenoxy) is 1. The van der Waals surface area contributed by atoms with Crippen LogP contribution in [0.25, 0.3) is 0 Å². The molecule has 0 saturated heterocycles. The molecule has 1 fully saturated rings. The topological polar surface area (TPSA) is 87.7 Å². The molecule has 0 spiro atoms. The van der Waals surface area contributed by atoms with Crippen molar-refractivity contribution in [3.05, 3.63) is 100 Å². The Bertz CT molecular complexity index is 1390. The summed E-state index contributed by atoms with van der Waals surface area (Å²) >= 11 is 0. The van der Waals surface area contributed by atoms with E-state index in [1.165, 1.54) is 23.6 Å². The number of aliphatic hydroxyl groups is 1. The van der Waals surface area contributed by atoms with Gasteiger partial charge in [0.15, 0.2) is 5.78 Å². The van der Waals surface area contributed by atoms with Gasteiger partial charge >= 0.3 is 0 Å². The first-order valence-electron chi connectivity index (χ1n) is 14.9. The number of fused-ring (bicyclic) bond motifs is 4. The summed E-state index contributed by atoms with van der Waals surface area (Å²) in [5.41, 5.74) is 5.51. The number of carbonyl (C=O) groups excluding carboxylic acids is 2. The van der Waals surface area contributed by atoms with Crippen molar-refractivity contribution in [3.8, 4) is 5.75 Å². The first-order valence-corrected chi connectivity index (χ1v) is 14.9. The predicted molar refractivity (Wildman–Crippen MR) is 162 cm³/mol. The van der Waals surface area contributed by atoms with Crippen LogP contribution in [0, 0.1) is 0 Å². The molecular formula is C35H42N2O4. The van der Waals surface area contributed by atoms with Gasteiger partial charge in [-0.25, -0.2) is 0 Å². The normalized spacial score (nSPS) is 19.3. The van der Waals surface area contributed by atoms with Gasteiger partial charge in [-0.1, -0.05) is 62.4 Å². The molecule has 3 aromatic rings. The Kier molecular flexibility index (Phi) is 8.91. The largest absolute Gasteiger partial charge is 0.494 e. The van der Waals surface area contributed by atoms with Gasteiger partial charge in [0, 0.05) is 23.2 Å². The van der Waals surface area contributed by atoms with E-state index in [9.17, 15) is 14.7 Å². The Morgan fingerprint density at radius 2 is 1.83 bits per heavy atom. The maximum Gasteiger partial charge on any atom is 0.251 e. The standard InChI is InChI=1S/C35H42N2O4/c1-23(2)27-11-7-12-30(19-27)35(13-14-35)36-22-33(39)32-17-26-10-6-9-25(16-26)8-4-5-15-41-31-20-28(24(3)38)18-29(21-31)34(40)37-32/h6-7,9-12,16,18-21,23,32-33,36,39H,4-5,8,13-15,17,22H2,1-3H3,(H,37,40)/t32-,33+/m0/s1. The number of rotatable bonds is 7. The van der Waals surface area contributed by atoms with Crippen molar-refractivity contribution < 1.29 is 19.4 Å². The molecule has 4 bridgehead atoms. The molecule has 0 aromatic heterocycles. The van der Waals surface area contributed by atoms with E-state index in [1.807, 2.05) is 6.07 Å². The van der Waals surface area contributed by atoms with Crippen LogP contribution in [0.5, 0.6) is 5.75 Å². The summed E-state index contributed by atoms with van der Waals surface area (Å²) < 4.78 is 5.95. The molecule has 41 heavy (non-hydrogen) atoms. The van der Waals surface area contributed by atoms with Crippen LogP contribution in [0.15, 0.2) is 66.7 Å². The molecule has 5 rings (SSSR count). The SMILES string of the molecule is CC(=O)c1cc2cc(c1)C(=O)N[C@H]([C@H](O)CNC1(c3cccc(C(C)C)c3)CC1)Cc1cccc(c1)CCCCO2. The van der Waals surface area contributed by atoms with Crippen LogP contribution in [0.1, 0.15) is 95.3 Å². The zero-order valence-corrected chi connectivity index (χ0v) is 24.4. The number of hydrogen-bond donors (Lipinski definition) is 3. The smallest absolute Gasteiger partial charge is 0.251 e. The van der Waals surface area contributed by atoms with Gasteiger partial charge in [-0.3, -0.25) is 9.59 Å². The minimum atomic E-state index is -0.823. The van der Waals surface area contributed by atoms with Crippen molar-refractivity contribution in [3.63, 3.8) is 0 Å². The summed E-state index contributed by atoms with van der Waals surface area (Å²) in [7, 11) is 0. The van der Waals surface area contributed by atoms with Crippen molar-refractivity contribution in [1.82, 2.24) is 10.6 Å². The van der Waals surface area contributed by atoms with Gasteiger partial charge in [-0.15, -0.1) is 0 Å². The highest BCUT2D eigenvalue weighted by Gasteiger charge is 2.44. The van der Waals surface area contributed by atoms with E-state index >= 15 is 0 Å². The molecule has 1 saturated carbocycles. The molecule has 0 radical (unpaired) electrons. The van der Waals surface area contributed by atoms with Crippen molar-refractivity contribution >= 4 is 11.7 Å². The van der Waals surface area contributed by atoms with Gasteiger partial charge in [0.05, 0.1) is 18.8 Å². The molecule has 6 nitrogen and oxygen atoms in total. The minimum Gasteiger partial charge on any atom is -0.494 e. The molecule has 1 heterocycles. The van der Waals surface area contributed by atoms with Crippen LogP contribution < -0.4 is 15.4 Å². The Hall–Kier alpha value is -3.48. The van der Waals surface area contributed by atoms with Crippen molar-refractivity contribution in [1.29, 1.82) is 0 Å². The lowest BCUT2D eigenvalue weighted by molar-refractivity contribution is 0.0821.